The van der Waals surface area contributed by atoms with Gasteiger partial charge in [-0.15, -0.1) is 0 Å². The van der Waals surface area contributed by atoms with Crippen molar-refractivity contribution in [1.29, 1.82) is 0 Å². The van der Waals surface area contributed by atoms with Gasteiger partial charge in [-0.25, -0.2) is 8.42 Å². The summed E-state index contributed by atoms with van der Waals surface area (Å²) in [4.78, 5) is 0. The molecule has 1 aromatic rings. The number of para-hydroxylation sites is 2. The number of hydrogen-bond donors (Lipinski definition) is 1. The number of hydrogen-bond acceptors (Lipinski definition) is 4. The van der Waals surface area contributed by atoms with Crippen LogP contribution < -0.4 is 9.62 Å². The molecule has 1 saturated heterocycles. The largest absolute Gasteiger partial charge is 0.383 e. The van der Waals surface area contributed by atoms with Crippen molar-refractivity contribution in [2.75, 3.05) is 35.1 Å². The molecule has 0 aromatic heterocycles. The molecule has 6 heteroatoms. The Morgan fingerprint density at radius 3 is 2.95 bits per heavy atom. The molecule has 2 aliphatic rings. The Bertz CT molecular complexity index is 568. The highest BCUT2D eigenvalue weighted by Crippen LogP contribution is 2.31. The van der Waals surface area contributed by atoms with E-state index in [1.54, 1.807) is 4.31 Å². The Hall–Kier alpha value is -1.27. The second kappa shape index (κ2) is 5.61. The number of fused-ring (bicyclic) bond motifs is 1. The molecule has 0 amide bonds. The number of nitrogens with zero attached hydrogens (tertiary/aromatic N) is 1. The Morgan fingerprint density at radius 1 is 1.30 bits per heavy atom. The third-order valence-electron chi connectivity index (χ3n) is 3.78. The van der Waals surface area contributed by atoms with Crippen LogP contribution in [0.1, 0.15) is 19.3 Å². The van der Waals surface area contributed by atoms with Gasteiger partial charge in [-0.2, -0.15) is 0 Å². The summed E-state index contributed by atoms with van der Waals surface area (Å²) in [6.45, 7) is 2.00. The average Bonchev–Trinajstić information content (AvgIpc) is 2.81. The molecule has 5 nitrogen and oxygen atoms in total. The number of benzene rings is 1. The molecule has 0 saturated carbocycles. The first kappa shape index (κ1) is 13.7. The molecule has 1 atom stereocenters. The van der Waals surface area contributed by atoms with Gasteiger partial charge in [0.05, 0.1) is 23.2 Å². The average molecular weight is 296 g/mol. The number of sulfonamides is 1. The summed E-state index contributed by atoms with van der Waals surface area (Å²) in [7, 11) is -3.34. The molecule has 3 rings (SSSR count). The van der Waals surface area contributed by atoms with Crippen molar-refractivity contribution in [1.82, 2.24) is 0 Å². The first-order valence-electron chi connectivity index (χ1n) is 7.12. The molecular weight excluding hydrogens is 276 g/mol. The molecule has 2 aliphatic heterocycles. The van der Waals surface area contributed by atoms with E-state index in [4.69, 9.17) is 4.74 Å². The Morgan fingerprint density at radius 2 is 2.15 bits per heavy atom. The Balaban J connectivity index is 1.88. The summed E-state index contributed by atoms with van der Waals surface area (Å²) in [6.07, 6.45) is 2.45. The summed E-state index contributed by atoms with van der Waals surface area (Å²) in [6, 6.07) is 7.58. The molecule has 0 radical (unpaired) electrons. The summed E-state index contributed by atoms with van der Waals surface area (Å²) >= 11 is 0. The SMILES string of the molecule is O=S(=O)(CC1CCCO1)N1CCCNc2ccccc21. The monoisotopic (exact) mass is 296 g/mol. The third-order valence-corrected chi connectivity index (χ3v) is 5.63. The fourth-order valence-corrected chi connectivity index (χ4v) is 4.58. The lowest BCUT2D eigenvalue weighted by Crippen LogP contribution is -2.37. The fourth-order valence-electron chi connectivity index (χ4n) is 2.80. The van der Waals surface area contributed by atoms with E-state index in [0.29, 0.717) is 13.2 Å². The van der Waals surface area contributed by atoms with Crippen molar-refractivity contribution in [2.24, 2.45) is 0 Å². The maximum atomic E-state index is 12.7. The topological polar surface area (TPSA) is 58.6 Å². The van der Waals surface area contributed by atoms with Crippen LogP contribution in [0.5, 0.6) is 0 Å². The first-order chi connectivity index (χ1) is 9.67. The van der Waals surface area contributed by atoms with Gasteiger partial charge >= 0.3 is 0 Å². The highest BCUT2D eigenvalue weighted by Gasteiger charge is 2.30. The molecule has 0 bridgehead atoms. The van der Waals surface area contributed by atoms with Crippen LogP contribution in [0.3, 0.4) is 0 Å². The predicted molar refractivity (Wildman–Crippen MR) is 79.7 cm³/mol. The van der Waals surface area contributed by atoms with Crippen molar-refractivity contribution in [2.45, 2.75) is 25.4 Å². The molecule has 1 unspecified atom stereocenters. The van der Waals surface area contributed by atoms with E-state index < -0.39 is 10.0 Å². The van der Waals surface area contributed by atoms with Crippen molar-refractivity contribution >= 4 is 21.4 Å². The van der Waals surface area contributed by atoms with E-state index in [0.717, 1.165) is 37.2 Å². The lowest BCUT2D eigenvalue weighted by atomic mass is 10.2. The highest BCUT2D eigenvalue weighted by atomic mass is 32.2. The quantitative estimate of drug-likeness (QED) is 0.924. The molecule has 0 spiro atoms. The minimum absolute atomic E-state index is 0.0847. The molecule has 110 valence electrons. The van der Waals surface area contributed by atoms with Crippen molar-refractivity contribution < 1.29 is 13.2 Å². The second-order valence-corrected chi connectivity index (χ2v) is 7.22. The minimum Gasteiger partial charge on any atom is -0.383 e. The zero-order valence-corrected chi connectivity index (χ0v) is 12.2. The van der Waals surface area contributed by atoms with Gasteiger partial charge in [0.1, 0.15) is 0 Å². The molecule has 2 heterocycles. The normalized spacial score (nSPS) is 23.0. The van der Waals surface area contributed by atoms with Gasteiger partial charge in [0.25, 0.3) is 0 Å². The maximum absolute atomic E-state index is 12.7. The fraction of sp³-hybridized carbons (Fsp3) is 0.571. The van der Waals surface area contributed by atoms with Crippen LogP contribution in [0.25, 0.3) is 0 Å². The summed E-state index contributed by atoms with van der Waals surface area (Å²) in [5.74, 6) is 0.0847. The lowest BCUT2D eigenvalue weighted by molar-refractivity contribution is 0.127. The van der Waals surface area contributed by atoms with Crippen molar-refractivity contribution in [3.63, 3.8) is 0 Å². The zero-order valence-electron chi connectivity index (χ0n) is 11.4. The van der Waals surface area contributed by atoms with Gasteiger partial charge in [0, 0.05) is 19.7 Å². The van der Waals surface area contributed by atoms with Crippen LogP contribution in [0.4, 0.5) is 11.4 Å². The Kier molecular flexibility index (Phi) is 3.85. The molecule has 1 aromatic carbocycles. The van der Waals surface area contributed by atoms with Crippen LogP contribution in [0, 0.1) is 0 Å². The lowest BCUT2D eigenvalue weighted by Gasteiger charge is -2.25. The molecular formula is C14H20N2O3S. The van der Waals surface area contributed by atoms with Crippen LogP contribution in [0.15, 0.2) is 24.3 Å². The van der Waals surface area contributed by atoms with E-state index in [1.165, 1.54) is 0 Å². The smallest absolute Gasteiger partial charge is 0.237 e. The van der Waals surface area contributed by atoms with E-state index in [9.17, 15) is 8.42 Å². The van der Waals surface area contributed by atoms with Crippen molar-refractivity contribution in [3.05, 3.63) is 24.3 Å². The van der Waals surface area contributed by atoms with Gasteiger partial charge in [-0.1, -0.05) is 12.1 Å². The van der Waals surface area contributed by atoms with Gasteiger partial charge in [-0.3, -0.25) is 4.31 Å². The predicted octanol–water partition coefficient (Wildman–Crippen LogP) is 1.82. The Labute approximate surface area is 120 Å². The summed E-state index contributed by atoms with van der Waals surface area (Å²) in [5, 5.41) is 3.28. The molecule has 0 aliphatic carbocycles. The number of anilines is 2. The van der Waals surface area contributed by atoms with Crippen molar-refractivity contribution in [3.8, 4) is 0 Å². The van der Waals surface area contributed by atoms with Crippen LogP contribution in [-0.4, -0.2) is 40.0 Å². The van der Waals surface area contributed by atoms with E-state index in [-0.39, 0.29) is 11.9 Å². The molecule has 20 heavy (non-hydrogen) atoms. The first-order valence-corrected chi connectivity index (χ1v) is 8.73. The number of nitrogens with one attached hydrogen (secondary N) is 1. The van der Waals surface area contributed by atoms with E-state index in [1.807, 2.05) is 24.3 Å². The van der Waals surface area contributed by atoms with Crippen LogP contribution >= 0.6 is 0 Å². The zero-order chi connectivity index (χ0) is 14.0. The highest BCUT2D eigenvalue weighted by molar-refractivity contribution is 7.92. The van der Waals surface area contributed by atoms with Gasteiger partial charge in [0.15, 0.2) is 0 Å². The maximum Gasteiger partial charge on any atom is 0.237 e. The van der Waals surface area contributed by atoms with Gasteiger partial charge in [0.2, 0.25) is 10.0 Å². The minimum atomic E-state index is -3.34. The van der Waals surface area contributed by atoms with Crippen LogP contribution in [-0.2, 0) is 14.8 Å². The summed E-state index contributed by atoms with van der Waals surface area (Å²) < 4.78 is 32.4. The summed E-state index contributed by atoms with van der Waals surface area (Å²) in [5.41, 5.74) is 1.64. The molecule has 1 N–H and O–H groups in total. The second-order valence-electron chi connectivity index (χ2n) is 5.28. The van der Waals surface area contributed by atoms with Gasteiger partial charge < -0.3 is 10.1 Å². The third kappa shape index (κ3) is 2.76. The number of ether oxygens (including phenoxy) is 1. The van der Waals surface area contributed by atoms with Gasteiger partial charge in [-0.05, 0) is 31.4 Å². The standard InChI is InChI=1S/C14H20N2O3S/c17-20(18,11-12-5-3-10-19-12)16-9-4-8-15-13-6-1-2-7-14(13)16/h1-2,6-7,12,15H,3-5,8-11H2. The van der Waals surface area contributed by atoms with E-state index >= 15 is 0 Å². The van der Waals surface area contributed by atoms with E-state index in [2.05, 4.69) is 5.32 Å². The molecule has 1 fully saturated rings. The number of rotatable bonds is 3. The van der Waals surface area contributed by atoms with Crippen LogP contribution in [0.2, 0.25) is 0 Å².